The first-order valence-corrected chi connectivity index (χ1v) is 6.12. The Kier molecular flexibility index (Phi) is 2.05. The van der Waals surface area contributed by atoms with Crippen LogP contribution in [-0.4, -0.2) is 4.98 Å². The molecule has 0 aliphatic heterocycles. The number of thiazole rings is 1. The SMILES string of the molecule is [C-]#[N+]C1(c2nc(-c3ccccc3)cs2)CC1. The highest BCUT2D eigenvalue weighted by atomic mass is 32.1. The predicted octanol–water partition coefficient (Wildman–Crippen LogP) is 3.72. The Morgan fingerprint density at radius 1 is 1.25 bits per heavy atom. The van der Waals surface area contributed by atoms with Crippen LogP contribution in [0.4, 0.5) is 0 Å². The van der Waals surface area contributed by atoms with Crippen LogP contribution in [-0.2, 0) is 5.54 Å². The van der Waals surface area contributed by atoms with Crippen molar-refractivity contribution in [3.8, 4) is 11.3 Å². The van der Waals surface area contributed by atoms with E-state index < -0.39 is 0 Å². The maximum absolute atomic E-state index is 7.21. The van der Waals surface area contributed by atoms with E-state index in [1.807, 2.05) is 18.2 Å². The van der Waals surface area contributed by atoms with Crippen LogP contribution in [0.1, 0.15) is 17.8 Å². The van der Waals surface area contributed by atoms with Crippen molar-refractivity contribution in [2.75, 3.05) is 0 Å². The topological polar surface area (TPSA) is 17.2 Å². The molecular weight excluding hydrogens is 216 g/mol. The van der Waals surface area contributed by atoms with Gasteiger partial charge in [-0.15, -0.1) is 11.3 Å². The van der Waals surface area contributed by atoms with Gasteiger partial charge in [0.25, 0.3) is 5.54 Å². The second-order valence-electron chi connectivity index (χ2n) is 4.05. The minimum Gasteiger partial charge on any atom is -0.303 e. The van der Waals surface area contributed by atoms with Crippen LogP contribution in [0.15, 0.2) is 35.7 Å². The number of hydrogen-bond acceptors (Lipinski definition) is 2. The molecular formula is C13H10N2S. The molecule has 1 aromatic carbocycles. The first-order valence-electron chi connectivity index (χ1n) is 5.24. The number of rotatable bonds is 2. The van der Waals surface area contributed by atoms with Crippen LogP contribution >= 0.6 is 11.3 Å². The summed E-state index contributed by atoms with van der Waals surface area (Å²) in [6.45, 7) is 7.21. The van der Waals surface area contributed by atoms with Gasteiger partial charge in [0.1, 0.15) is 0 Å². The van der Waals surface area contributed by atoms with Crippen LogP contribution in [0.25, 0.3) is 16.1 Å². The van der Waals surface area contributed by atoms with Crippen LogP contribution in [0, 0.1) is 6.57 Å². The van der Waals surface area contributed by atoms with Gasteiger partial charge in [-0.2, -0.15) is 0 Å². The number of nitrogens with zero attached hydrogens (tertiary/aromatic N) is 2. The summed E-state index contributed by atoms with van der Waals surface area (Å²) in [5.74, 6) is 0. The Labute approximate surface area is 98.4 Å². The molecule has 3 rings (SSSR count). The fourth-order valence-corrected chi connectivity index (χ4v) is 2.75. The molecule has 1 heterocycles. The molecule has 0 saturated heterocycles. The van der Waals surface area contributed by atoms with E-state index in [0.29, 0.717) is 0 Å². The van der Waals surface area contributed by atoms with E-state index in [0.717, 1.165) is 29.1 Å². The third-order valence-electron chi connectivity index (χ3n) is 2.91. The van der Waals surface area contributed by atoms with Crippen molar-refractivity contribution in [2.24, 2.45) is 0 Å². The zero-order chi connectivity index (χ0) is 11.0. The lowest BCUT2D eigenvalue weighted by Gasteiger charge is -1.96. The normalized spacial score (nSPS) is 16.7. The van der Waals surface area contributed by atoms with Crippen LogP contribution in [0.3, 0.4) is 0 Å². The van der Waals surface area contributed by atoms with E-state index in [4.69, 9.17) is 6.57 Å². The summed E-state index contributed by atoms with van der Waals surface area (Å²) in [5.41, 5.74) is 1.86. The molecule has 78 valence electrons. The smallest absolute Gasteiger partial charge is 0.283 e. The van der Waals surface area contributed by atoms with Crippen molar-refractivity contribution < 1.29 is 0 Å². The standard InChI is InChI=1S/C13H10N2S/c1-14-13(7-8-13)12-15-11(9-16-12)10-5-3-2-4-6-10/h2-6,9H,7-8H2. The Bertz CT molecular complexity index is 547. The molecule has 0 radical (unpaired) electrons. The van der Waals surface area contributed by atoms with Gasteiger partial charge in [-0.3, -0.25) is 0 Å². The molecule has 16 heavy (non-hydrogen) atoms. The number of aromatic nitrogens is 1. The van der Waals surface area contributed by atoms with Crippen molar-refractivity contribution in [3.63, 3.8) is 0 Å². The molecule has 1 fully saturated rings. The van der Waals surface area contributed by atoms with Crippen molar-refractivity contribution in [1.29, 1.82) is 0 Å². The molecule has 0 unspecified atom stereocenters. The molecule has 0 amide bonds. The molecule has 1 aliphatic carbocycles. The first kappa shape index (κ1) is 9.56. The monoisotopic (exact) mass is 226 g/mol. The Morgan fingerprint density at radius 3 is 2.62 bits per heavy atom. The fourth-order valence-electron chi connectivity index (χ4n) is 1.72. The summed E-state index contributed by atoms with van der Waals surface area (Å²) in [6, 6.07) is 10.1. The predicted molar refractivity (Wildman–Crippen MR) is 65.1 cm³/mol. The largest absolute Gasteiger partial charge is 0.303 e. The number of hydrogen-bond donors (Lipinski definition) is 0. The summed E-state index contributed by atoms with van der Waals surface area (Å²) in [5, 5.41) is 3.04. The molecule has 1 aromatic heterocycles. The summed E-state index contributed by atoms with van der Waals surface area (Å²) in [7, 11) is 0. The third kappa shape index (κ3) is 1.43. The van der Waals surface area contributed by atoms with E-state index in [1.165, 1.54) is 0 Å². The summed E-state index contributed by atoms with van der Waals surface area (Å²) < 4.78 is 0. The molecule has 2 nitrogen and oxygen atoms in total. The Hall–Kier alpha value is -1.66. The van der Waals surface area contributed by atoms with Gasteiger partial charge in [0, 0.05) is 23.8 Å². The summed E-state index contributed by atoms with van der Waals surface area (Å²) in [6.07, 6.45) is 1.94. The molecule has 0 bridgehead atoms. The molecule has 1 saturated carbocycles. The van der Waals surface area contributed by atoms with Crippen molar-refractivity contribution in [2.45, 2.75) is 18.4 Å². The highest BCUT2D eigenvalue weighted by Gasteiger charge is 2.55. The van der Waals surface area contributed by atoms with Crippen molar-refractivity contribution in [3.05, 3.63) is 52.1 Å². The number of benzene rings is 1. The Balaban J connectivity index is 1.98. The molecule has 0 spiro atoms. The maximum atomic E-state index is 7.21. The van der Waals surface area contributed by atoms with Gasteiger partial charge in [0.05, 0.1) is 5.69 Å². The van der Waals surface area contributed by atoms with Crippen LogP contribution in [0.5, 0.6) is 0 Å². The highest BCUT2D eigenvalue weighted by molar-refractivity contribution is 7.10. The van der Waals surface area contributed by atoms with Gasteiger partial charge in [0.15, 0.2) is 5.01 Å². The van der Waals surface area contributed by atoms with Gasteiger partial charge in [-0.05, 0) is 0 Å². The third-order valence-corrected chi connectivity index (χ3v) is 3.95. The van der Waals surface area contributed by atoms with E-state index >= 15 is 0 Å². The lowest BCUT2D eigenvalue weighted by Crippen LogP contribution is -1.97. The fraction of sp³-hybridized carbons (Fsp3) is 0.231. The summed E-state index contributed by atoms with van der Waals surface area (Å²) >= 11 is 1.61. The lowest BCUT2D eigenvalue weighted by atomic mass is 10.2. The maximum Gasteiger partial charge on any atom is 0.283 e. The van der Waals surface area contributed by atoms with Gasteiger partial charge >= 0.3 is 0 Å². The highest BCUT2D eigenvalue weighted by Crippen LogP contribution is 2.51. The van der Waals surface area contributed by atoms with Crippen molar-refractivity contribution >= 4 is 11.3 Å². The summed E-state index contributed by atoms with van der Waals surface area (Å²) in [4.78, 5) is 8.30. The van der Waals surface area contributed by atoms with Gasteiger partial charge < -0.3 is 4.85 Å². The van der Waals surface area contributed by atoms with Crippen LogP contribution in [0.2, 0.25) is 0 Å². The second kappa shape index (κ2) is 3.43. The molecule has 0 N–H and O–H groups in total. The van der Waals surface area contributed by atoms with Gasteiger partial charge in [-0.1, -0.05) is 30.3 Å². The van der Waals surface area contributed by atoms with Crippen LogP contribution < -0.4 is 0 Å². The van der Waals surface area contributed by atoms with E-state index in [1.54, 1.807) is 11.3 Å². The average molecular weight is 226 g/mol. The first-order chi connectivity index (χ1) is 7.84. The quantitative estimate of drug-likeness (QED) is 0.713. The molecule has 1 aliphatic rings. The molecule has 0 atom stereocenters. The molecule has 2 aromatic rings. The molecule has 3 heteroatoms. The minimum absolute atomic E-state index is 0.266. The van der Waals surface area contributed by atoms with E-state index in [-0.39, 0.29) is 5.54 Å². The van der Waals surface area contributed by atoms with Gasteiger partial charge in [-0.25, -0.2) is 11.6 Å². The van der Waals surface area contributed by atoms with E-state index in [2.05, 4.69) is 27.3 Å². The average Bonchev–Trinajstić information content (AvgIpc) is 3.00. The Morgan fingerprint density at radius 2 is 2.00 bits per heavy atom. The lowest BCUT2D eigenvalue weighted by molar-refractivity contribution is 0.868. The zero-order valence-electron chi connectivity index (χ0n) is 8.68. The minimum atomic E-state index is -0.266. The van der Waals surface area contributed by atoms with E-state index in [9.17, 15) is 0 Å². The van der Waals surface area contributed by atoms with Crippen molar-refractivity contribution in [1.82, 2.24) is 4.98 Å². The van der Waals surface area contributed by atoms with Gasteiger partial charge in [0.2, 0.25) is 0 Å². The zero-order valence-corrected chi connectivity index (χ0v) is 9.50. The second-order valence-corrected chi connectivity index (χ2v) is 4.91.